The van der Waals surface area contributed by atoms with Gasteiger partial charge in [0.05, 0.1) is 13.2 Å². The molecule has 1 aliphatic rings. The lowest BCUT2D eigenvalue weighted by molar-refractivity contribution is -0.145. The molecule has 5 heteroatoms. The zero-order valence-electron chi connectivity index (χ0n) is 14.4. The fourth-order valence-electron chi connectivity index (χ4n) is 2.86. The summed E-state index contributed by atoms with van der Waals surface area (Å²) in [7, 11) is 0. The standard InChI is InChI=1S/C20H22FNO3/c1-14-3-9-18(10-4-14)25-15(2)20(23)22-11-12-24-19(13-22)16-5-7-17(21)8-6-16/h3-10,15,19H,11-13H2,1-2H3. The fourth-order valence-corrected chi connectivity index (χ4v) is 2.86. The summed E-state index contributed by atoms with van der Waals surface area (Å²) in [6.07, 6.45) is -0.820. The maximum atomic E-state index is 13.1. The average molecular weight is 343 g/mol. The van der Waals surface area contributed by atoms with Crippen LogP contribution in [0.5, 0.6) is 5.75 Å². The van der Waals surface area contributed by atoms with Gasteiger partial charge in [-0.3, -0.25) is 4.79 Å². The van der Waals surface area contributed by atoms with Crippen molar-refractivity contribution in [1.29, 1.82) is 0 Å². The average Bonchev–Trinajstić information content (AvgIpc) is 2.63. The number of carbonyl (C=O) groups excluding carboxylic acids is 1. The van der Waals surface area contributed by atoms with E-state index in [1.807, 2.05) is 31.2 Å². The van der Waals surface area contributed by atoms with Gasteiger partial charge in [0.1, 0.15) is 17.7 Å². The number of ether oxygens (including phenoxy) is 2. The molecule has 3 rings (SSSR count). The first-order valence-corrected chi connectivity index (χ1v) is 8.42. The highest BCUT2D eigenvalue weighted by atomic mass is 19.1. The second kappa shape index (κ2) is 7.66. The van der Waals surface area contributed by atoms with Crippen LogP contribution in [0.25, 0.3) is 0 Å². The molecule has 25 heavy (non-hydrogen) atoms. The zero-order chi connectivity index (χ0) is 17.8. The molecule has 0 spiro atoms. The Labute approximate surface area is 147 Å². The summed E-state index contributed by atoms with van der Waals surface area (Å²) in [4.78, 5) is 14.4. The van der Waals surface area contributed by atoms with Gasteiger partial charge in [-0.25, -0.2) is 4.39 Å². The van der Waals surface area contributed by atoms with Gasteiger partial charge in [0.25, 0.3) is 5.91 Å². The highest BCUT2D eigenvalue weighted by Crippen LogP contribution is 2.23. The van der Waals surface area contributed by atoms with E-state index < -0.39 is 6.10 Å². The molecule has 1 aliphatic heterocycles. The molecule has 2 aromatic rings. The van der Waals surface area contributed by atoms with Crippen LogP contribution >= 0.6 is 0 Å². The van der Waals surface area contributed by atoms with E-state index in [0.29, 0.717) is 25.4 Å². The van der Waals surface area contributed by atoms with Gasteiger partial charge < -0.3 is 14.4 Å². The van der Waals surface area contributed by atoms with Crippen LogP contribution in [0.4, 0.5) is 4.39 Å². The number of amides is 1. The van der Waals surface area contributed by atoms with Crippen molar-refractivity contribution in [3.05, 3.63) is 65.5 Å². The number of morpholine rings is 1. The molecule has 0 N–H and O–H groups in total. The Morgan fingerprint density at radius 3 is 2.56 bits per heavy atom. The topological polar surface area (TPSA) is 38.8 Å². The predicted octanol–water partition coefficient (Wildman–Crippen LogP) is 3.50. The van der Waals surface area contributed by atoms with E-state index in [1.165, 1.54) is 12.1 Å². The molecule has 1 amide bonds. The number of rotatable bonds is 4. The summed E-state index contributed by atoms with van der Waals surface area (Å²) < 4.78 is 24.6. The van der Waals surface area contributed by atoms with Gasteiger partial charge in [-0.05, 0) is 43.7 Å². The van der Waals surface area contributed by atoms with Gasteiger partial charge in [0.15, 0.2) is 6.10 Å². The molecule has 2 aromatic carbocycles. The smallest absolute Gasteiger partial charge is 0.263 e. The quantitative estimate of drug-likeness (QED) is 0.853. The summed E-state index contributed by atoms with van der Waals surface area (Å²) in [6, 6.07) is 13.8. The van der Waals surface area contributed by atoms with Gasteiger partial charge in [0, 0.05) is 6.54 Å². The number of carbonyl (C=O) groups is 1. The van der Waals surface area contributed by atoms with Crippen LogP contribution in [-0.4, -0.2) is 36.6 Å². The van der Waals surface area contributed by atoms with Crippen LogP contribution in [-0.2, 0) is 9.53 Å². The molecular weight excluding hydrogens is 321 g/mol. The molecule has 132 valence electrons. The zero-order valence-corrected chi connectivity index (χ0v) is 14.4. The Morgan fingerprint density at radius 1 is 1.20 bits per heavy atom. The van der Waals surface area contributed by atoms with E-state index in [-0.39, 0.29) is 17.8 Å². The number of aryl methyl sites for hydroxylation is 1. The van der Waals surface area contributed by atoms with Crippen LogP contribution in [0, 0.1) is 12.7 Å². The van der Waals surface area contributed by atoms with Crippen molar-refractivity contribution in [3.63, 3.8) is 0 Å². The summed E-state index contributed by atoms with van der Waals surface area (Å²) >= 11 is 0. The van der Waals surface area contributed by atoms with Crippen molar-refractivity contribution in [1.82, 2.24) is 4.90 Å². The predicted molar refractivity (Wildman–Crippen MR) is 92.9 cm³/mol. The Kier molecular flexibility index (Phi) is 5.34. The first-order chi connectivity index (χ1) is 12.0. The Hall–Kier alpha value is -2.40. The van der Waals surface area contributed by atoms with Crippen LogP contribution in [0.15, 0.2) is 48.5 Å². The van der Waals surface area contributed by atoms with E-state index in [4.69, 9.17) is 9.47 Å². The van der Waals surface area contributed by atoms with Crippen molar-refractivity contribution >= 4 is 5.91 Å². The van der Waals surface area contributed by atoms with Crippen molar-refractivity contribution in [3.8, 4) is 5.75 Å². The lowest BCUT2D eigenvalue weighted by atomic mass is 10.1. The maximum Gasteiger partial charge on any atom is 0.263 e. The highest BCUT2D eigenvalue weighted by molar-refractivity contribution is 5.81. The molecular formula is C20H22FNO3. The molecule has 0 saturated carbocycles. The van der Waals surface area contributed by atoms with Crippen LogP contribution in [0.2, 0.25) is 0 Å². The first kappa shape index (κ1) is 17.4. The number of nitrogens with zero attached hydrogens (tertiary/aromatic N) is 1. The lowest BCUT2D eigenvalue weighted by Gasteiger charge is -2.34. The van der Waals surface area contributed by atoms with Gasteiger partial charge >= 0.3 is 0 Å². The molecule has 1 saturated heterocycles. The molecule has 0 radical (unpaired) electrons. The third kappa shape index (κ3) is 4.37. The van der Waals surface area contributed by atoms with Gasteiger partial charge in [-0.1, -0.05) is 29.8 Å². The fraction of sp³-hybridized carbons (Fsp3) is 0.350. The SMILES string of the molecule is Cc1ccc(OC(C)C(=O)N2CCOC(c3ccc(F)cc3)C2)cc1. The molecule has 1 heterocycles. The third-order valence-corrected chi connectivity index (χ3v) is 4.30. The number of halogens is 1. The first-order valence-electron chi connectivity index (χ1n) is 8.42. The summed E-state index contributed by atoms with van der Waals surface area (Å²) in [5, 5.41) is 0. The molecule has 2 atom stereocenters. The third-order valence-electron chi connectivity index (χ3n) is 4.30. The van der Waals surface area contributed by atoms with Crippen molar-refractivity contribution < 1.29 is 18.7 Å². The van der Waals surface area contributed by atoms with Gasteiger partial charge in [-0.15, -0.1) is 0 Å². The van der Waals surface area contributed by atoms with Gasteiger partial charge in [-0.2, -0.15) is 0 Å². The van der Waals surface area contributed by atoms with Crippen molar-refractivity contribution in [2.75, 3.05) is 19.7 Å². The summed E-state index contributed by atoms with van der Waals surface area (Å²) in [5.41, 5.74) is 2.01. The van der Waals surface area contributed by atoms with Gasteiger partial charge in [0.2, 0.25) is 0 Å². The van der Waals surface area contributed by atoms with E-state index in [2.05, 4.69) is 0 Å². The minimum absolute atomic E-state index is 0.0732. The molecule has 1 fully saturated rings. The molecule has 0 aliphatic carbocycles. The van der Waals surface area contributed by atoms with E-state index in [0.717, 1.165) is 11.1 Å². The normalized spacial score (nSPS) is 18.7. The lowest BCUT2D eigenvalue weighted by Crippen LogP contribution is -2.47. The van der Waals surface area contributed by atoms with E-state index >= 15 is 0 Å². The van der Waals surface area contributed by atoms with E-state index in [9.17, 15) is 9.18 Å². The number of benzene rings is 2. The monoisotopic (exact) mass is 343 g/mol. The second-order valence-electron chi connectivity index (χ2n) is 6.27. The van der Waals surface area contributed by atoms with E-state index in [1.54, 1.807) is 24.0 Å². The van der Waals surface area contributed by atoms with Crippen molar-refractivity contribution in [2.45, 2.75) is 26.1 Å². The highest BCUT2D eigenvalue weighted by Gasteiger charge is 2.29. The Bertz CT molecular complexity index is 715. The Balaban J connectivity index is 1.62. The summed E-state index contributed by atoms with van der Waals surface area (Å²) in [6.45, 7) is 5.17. The second-order valence-corrected chi connectivity index (χ2v) is 6.27. The molecule has 0 aromatic heterocycles. The summed E-state index contributed by atoms with van der Waals surface area (Å²) in [5.74, 6) is 0.318. The largest absolute Gasteiger partial charge is 0.481 e. The number of hydrogen-bond donors (Lipinski definition) is 0. The van der Waals surface area contributed by atoms with Crippen LogP contribution < -0.4 is 4.74 Å². The molecule has 4 nitrogen and oxygen atoms in total. The van der Waals surface area contributed by atoms with Crippen LogP contribution in [0.3, 0.4) is 0 Å². The maximum absolute atomic E-state index is 13.1. The minimum Gasteiger partial charge on any atom is -0.481 e. The number of hydrogen-bond acceptors (Lipinski definition) is 3. The van der Waals surface area contributed by atoms with Crippen LogP contribution in [0.1, 0.15) is 24.2 Å². The van der Waals surface area contributed by atoms with Crippen molar-refractivity contribution in [2.24, 2.45) is 0 Å². The molecule has 0 bridgehead atoms. The molecule has 2 unspecified atom stereocenters. The minimum atomic E-state index is -0.574. The Morgan fingerprint density at radius 2 is 1.88 bits per heavy atom.